The molecule has 3 aromatic rings. The number of hydrogen-bond donors (Lipinski definition) is 2. The van der Waals surface area contributed by atoms with Crippen LogP contribution in [0.25, 0.3) is 21.9 Å². The number of aliphatic hydroxyl groups is 1. The minimum atomic E-state index is 0.0590. The molecule has 1 atom stereocenters. The zero-order valence-electron chi connectivity index (χ0n) is 15.8. The Balaban J connectivity index is 2.18. The molecule has 6 nitrogen and oxygen atoms in total. The number of hydrogen-bond acceptors (Lipinski definition) is 5. The average molecular weight is 356 g/mol. The van der Waals surface area contributed by atoms with E-state index in [1.807, 2.05) is 25.1 Å². The number of nitrogens with zero attached hydrogens (tertiary/aromatic N) is 3. The Bertz CT molecular complexity index is 904. The molecule has 0 aliphatic carbocycles. The topological polar surface area (TPSA) is 86.2 Å². The molecular weight excluding hydrogens is 328 g/mol. The molecule has 2 aromatic heterocycles. The largest absolute Gasteiger partial charge is 0.491 e. The van der Waals surface area contributed by atoms with Crippen LogP contribution in [0.3, 0.4) is 0 Å². The third-order valence-corrected chi connectivity index (χ3v) is 4.74. The van der Waals surface area contributed by atoms with Crippen LogP contribution < -0.4 is 10.5 Å². The highest BCUT2D eigenvalue weighted by Crippen LogP contribution is 2.31. The second-order valence-electron chi connectivity index (χ2n) is 6.72. The lowest BCUT2D eigenvalue weighted by Crippen LogP contribution is -2.10. The molecule has 0 bridgehead atoms. The molecule has 0 saturated heterocycles. The third-order valence-electron chi connectivity index (χ3n) is 4.74. The predicted molar refractivity (Wildman–Crippen MR) is 106 cm³/mol. The Morgan fingerprint density at radius 3 is 2.77 bits per heavy atom. The van der Waals surface area contributed by atoms with Crippen LogP contribution in [0.5, 0.6) is 5.75 Å². The van der Waals surface area contributed by atoms with E-state index in [0.717, 1.165) is 53.7 Å². The summed E-state index contributed by atoms with van der Waals surface area (Å²) >= 11 is 0. The maximum absolute atomic E-state index is 9.54. The minimum absolute atomic E-state index is 0.0590. The van der Waals surface area contributed by atoms with Gasteiger partial charge in [-0.2, -0.15) is 0 Å². The first-order valence-electron chi connectivity index (χ1n) is 9.44. The maximum atomic E-state index is 9.54. The monoisotopic (exact) mass is 356 g/mol. The van der Waals surface area contributed by atoms with Crippen molar-refractivity contribution < 1.29 is 9.84 Å². The van der Waals surface area contributed by atoms with Crippen molar-refractivity contribution >= 4 is 27.8 Å². The smallest absolute Gasteiger partial charge is 0.152 e. The highest BCUT2D eigenvalue weighted by molar-refractivity contribution is 6.06. The van der Waals surface area contributed by atoms with Gasteiger partial charge in [-0.15, -0.1) is 0 Å². The normalized spacial score (nSPS) is 12.8. The van der Waals surface area contributed by atoms with Crippen LogP contribution in [-0.4, -0.2) is 32.4 Å². The van der Waals surface area contributed by atoms with Gasteiger partial charge in [-0.25, -0.2) is 9.97 Å². The van der Waals surface area contributed by atoms with Crippen molar-refractivity contribution in [3.63, 3.8) is 0 Å². The summed E-state index contributed by atoms with van der Waals surface area (Å²) in [5, 5.41) is 10.5. The third kappa shape index (κ3) is 3.46. The van der Waals surface area contributed by atoms with Gasteiger partial charge in [0.15, 0.2) is 5.82 Å². The zero-order chi connectivity index (χ0) is 18.7. The van der Waals surface area contributed by atoms with Gasteiger partial charge in [-0.05, 0) is 31.9 Å². The molecule has 1 unspecified atom stereocenters. The number of aryl methyl sites for hydroxylation is 1. The first-order valence-corrected chi connectivity index (χ1v) is 9.44. The highest BCUT2D eigenvalue weighted by atomic mass is 16.5. The maximum Gasteiger partial charge on any atom is 0.152 e. The van der Waals surface area contributed by atoms with Gasteiger partial charge in [0.25, 0.3) is 0 Å². The number of aromatic nitrogens is 3. The molecule has 0 saturated carbocycles. The molecule has 26 heavy (non-hydrogen) atoms. The molecule has 1 aromatic carbocycles. The summed E-state index contributed by atoms with van der Waals surface area (Å²) in [7, 11) is 0. The molecule has 0 aliphatic rings. The molecule has 6 heteroatoms. The number of imidazole rings is 1. The Morgan fingerprint density at radius 2 is 2.08 bits per heavy atom. The van der Waals surface area contributed by atoms with Crippen molar-refractivity contribution in [2.45, 2.75) is 59.1 Å². The number of unbranched alkanes of at least 4 members (excludes halogenated alkanes) is 1. The average Bonchev–Trinajstić information content (AvgIpc) is 2.99. The lowest BCUT2D eigenvalue weighted by molar-refractivity contribution is 0.217. The number of aliphatic hydroxyl groups excluding tert-OH is 1. The van der Waals surface area contributed by atoms with Gasteiger partial charge in [0.2, 0.25) is 0 Å². The van der Waals surface area contributed by atoms with Crippen LogP contribution in [0.1, 0.15) is 45.9 Å². The van der Waals surface area contributed by atoms with Gasteiger partial charge in [0.1, 0.15) is 17.1 Å². The summed E-state index contributed by atoms with van der Waals surface area (Å²) in [6.45, 7) is 6.86. The van der Waals surface area contributed by atoms with Crippen LogP contribution in [0.4, 0.5) is 5.82 Å². The van der Waals surface area contributed by atoms with E-state index in [-0.39, 0.29) is 12.7 Å². The van der Waals surface area contributed by atoms with E-state index in [2.05, 4.69) is 23.4 Å². The second-order valence-corrected chi connectivity index (χ2v) is 6.72. The van der Waals surface area contributed by atoms with E-state index in [0.29, 0.717) is 17.9 Å². The summed E-state index contributed by atoms with van der Waals surface area (Å²) in [6.07, 6.45) is 4.09. The van der Waals surface area contributed by atoms with Crippen molar-refractivity contribution in [2.24, 2.45) is 0 Å². The fourth-order valence-corrected chi connectivity index (χ4v) is 3.19. The summed E-state index contributed by atoms with van der Waals surface area (Å²) < 4.78 is 8.00. The molecule has 0 spiro atoms. The first-order chi connectivity index (χ1) is 12.6. The molecule has 0 radical (unpaired) electrons. The first kappa shape index (κ1) is 18.5. The fourth-order valence-electron chi connectivity index (χ4n) is 3.19. The van der Waals surface area contributed by atoms with Crippen molar-refractivity contribution in [1.29, 1.82) is 0 Å². The zero-order valence-corrected chi connectivity index (χ0v) is 15.8. The Kier molecular flexibility index (Phi) is 5.61. The highest BCUT2D eigenvalue weighted by Gasteiger charge is 2.17. The Morgan fingerprint density at radius 1 is 1.27 bits per heavy atom. The number of pyridine rings is 1. The Hall–Kier alpha value is -2.34. The van der Waals surface area contributed by atoms with E-state index in [4.69, 9.17) is 15.5 Å². The van der Waals surface area contributed by atoms with Crippen molar-refractivity contribution in [1.82, 2.24) is 14.5 Å². The van der Waals surface area contributed by atoms with Crippen LogP contribution in [0.15, 0.2) is 18.2 Å². The number of fused-ring (bicyclic) bond motifs is 3. The molecule has 3 N–H and O–H groups in total. The summed E-state index contributed by atoms with van der Waals surface area (Å²) in [5.74, 6) is 2.16. The van der Waals surface area contributed by atoms with Gasteiger partial charge in [0.05, 0.1) is 23.7 Å². The quantitative estimate of drug-likeness (QED) is 0.643. The molecule has 140 valence electrons. The molecular formula is C20H28N4O2. The van der Waals surface area contributed by atoms with E-state index in [9.17, 15) is 5.11 Å². The van der Waals surface area contributed by atoms with E-state index in [1.54, 1.807) is 0 Å². The van der Waals surface area contributed by atoms with Gasteiger partial charge in [0, 0.05) is 24.4 Å². The minimum Gasteiger partial charge on any atom is -0.491 e. The standard InChI is InChI=1S/C20H28N4O2/c1-4-6-7-17-23-18-19(24(17)10-11-25)15-9-8-14(26-13(3)5-2)12-16(15)22-20(18)21/h8-9,12-13,25H,4-7,10-11H2,1-3H3,(H2,21,22). The van der Waals surface area contributed by atoms with E-state index < -0.39 is 0 Å². The van der Waals surface area contributed by atoms with E-state index >= 15 is 0 Å². The summed E-state index contributed by atoms with van der Waals surface area (Å²) in [6, 6.07) is 5.91. The number of anilines is 1. The van der Waals surface area contributed by atoms with Gasteiger partial charge < -0.3 is 20.1 Å². The SMILES string of the molecule is CCCCc1nc2c(N)nc3cc(OC(C)CC)ccc3c2n1CCO. The Labute approximate surface area is 154 Å². The number of rotatable bonds is 8. The molecule has 2 heterocycles. The van der Waals surface area contributed by atoms with E-state index in [1.165, 1.54) is 0 Å². The van der Waals surface area contributed by atoms with Crippen LogP contribution >= 0.6 is 0 Å². The van der Waals surface area contributed by atoms with Crippen molar-refractivity contribution in [3.8, 4) is 5.75 Å². The molecule has 0 aliphatic heterocycles. The molecule has 0 fully saturated rings. The molecule has 3 rings (SSSR count). The van der Waals surface area contributed by atoms with Crippen LogP contribution in [0.2, 0.25) is 0 Å². The number of nitrogen functional groups attached to an aromatic ring is 1. The number of ether oxygens (including phenoxy) is 1. The van der Waals surface area contributed by atoms with Gasteiger partial charge in [-0.1, -0.05) is 20.3 Å². The fraction of sp³-hybridized carbons (Fsp3) is 0.500. The van der Waals surface area contributed by atoms with Crippen molar-refractivity contribution in [2.75, 3.05) is 12.3 Å². The lowest BCUT2D eigenvalue weighted by atomic mass is 10.1. The van der Waals surface area contributed by atoms with Crippen molar-refractivity contribution in [3.05, 3.63) is 24.0 Å². The number of nitrogens with two attached hydrogens (primary N) is 1. The van der Waals surface area contributed by atoms with Gasteiger partial charge >= 0.3 is 0 Å². The van der Waals surface area contributed by atoms with Crippen LogP contribution in [0, 0.1) is 0 Å². The summed E-state index contributed by atoms with van der Waals surface area (Å²) in [5.41, 5.74) is 8.67. The number of benzene rings is 1. The summed E-state index contributed by atoms with van der Waals surface area (Å²) in [4.78, 5) is 9.29. The predicted octanol–water partition coefficient (Wildman–Crippen LogP) is 3.68. The lowest BCUT2D eigenvalue weighted by Gasteiger charge is -2.14. The second kappa shape index (κ2) is 7.91. The van der Waals surface area contributed by atoms with Crippen LogP contribution in [-0.2, 0) is 13.0 Å². The molecule has 0 amide bonds. The van der Waals surface area contributed by atoms with Gasteiger partial charge in [-0.3, -0.25) is 0 Å².